The van der Waals surface area contributed by atoms with Crippen molar-refractivity contribution in [2.24, 2.45) is 5.92 Å². The molecule has 0 spiro atoms. The minimum Gasteiger partial charge on any atom is -0.372 e. The van der Waals surface area contributed by atoms with E-state index in [1.54, 1.807) is 31.2 Å². The number of aryl methyl sites for hydroxylation is 1. The first kappa shape index (κ1) is 23.4. The van der Waals surface area contributed by atoms with Gasteiger partial charge in [-0.25, -0.2) is 12.7 Å². The molecule has 2 heterocycles. The largest absolute Gasteiger partial charge is 0.416 e. The van der Waals surface area contributed by atoms with Gasteiger partial charge in [0.15, 0.2) is 0 Å². The van der Waals surface area contributed by atoms with Crippen LogP contribution in [-0.2, 0) is 16.2 Å². The van der Waals surface area contributed by atoms with Crippen molar-refractivity contribution in [1.82, 2.24) is 4.98 Å². The number of alkyl halides is 3. The minimum atomic E-state index is -4.47. The van der Waals surface area contributed by atoms with Crippen molar-refractivity contribution < 1.29 is 26.7 Å². The normalized spacial score (nSPS) is 20.7. The van der Waals surface area contributed by atoms with E-state index in [-0.39, 0.29) is 10.7 Å². The number of nitrogens with one attached hydrogen (secondary N) is 1. The Morgan fingerprint density at radius 2 is 1.57 bits per heavy atom. The molecule has 3 atom stereocenters. The monoisotopic (exact) mass is 500 g/mol. The van der Waals surface area contributed by atoms with E-state index in [1.807, 2.05) is 19.1 Å². The molecule has 0 aliphatic carbocycles. The van der Waals surface area contributed by atoms with Gasteiger partial charge in [0.1, 0.15) is 12.0 Å². The lowest BCUT2D eigenvalue weighted by Gasteiger charge is -2.41. The van der Waals surface area contributed by atoms with Crippen LogP contribution in [0.1, 0.15) is 35.1 Å². The highest BCUT2D eigenvalue weighted by Gasteiger charge is 2.46. The van der Waals surface area contributed by atoms with Crippen molar-refractivity contribution >= 4 is 26.7 Å². The van der Waals surface area contributed by atoms with Crippen molar-refractivity contribution in [1.29, 1.82) is 0 Å². The second-order valence-electron chi connectivity index (χ2n) is 8.92. The maximum Gasteiger partial charge on any atom is 0.416 e. The summed E-state index contributed by atoms with van der Waals surface area (Å²) in [5, 5.41) is 12.1. The molecular weight excluding hydrogens is 477 g/mol. The molecular formula is C26H23F3N2O3S. The van der Waals surface area contributed by atoms with Gasteiger partial charge in [-0.15, -0.1) is 0 Å². The standard InChI is InChI=1S/C26H23F3N2O3S/c1-15-7-13-19(14-8-15)35(33,34)31-24-23(20-5-3-4-6-21(20)30-24)22(16(2)25(31)32)17-9-11-18(12-10-17)26(27,28)29/h3-14,16,22,25,30,32H,1-2H3/t16-,22+,25-/m1/s1. The smallest absolute Gasteiger partial charge is 0.372 e. The first-order valence-electron chi connectivity index (χ1n) is 11.1. The van der Waals surface area contributed by atoms with E-state index >= 15 is 0 Å². The van der Waals surface area contributed by atoms with Crippen LogP contribution in [0.2, 0.25) is 0 Å². The summed E-state index contributed by atoms with van der Waals surface area (Å²) in [6.45, 7) is 3.55. The number of fused-ring (bicyclic) bond motifs is 3. The summed E-state index contributed by atoms with van der Waals surface area (Å²) in [6, 6.07) is 18.4. The number of aromatic amines is 1. The molecule has 0 unspecified atom stereocenters. The number of hydrogen-bond donors (Lipinski definition) is 2. The lowest BCUT2D eigenvalue weighted by molar-refractivity contribution is -0.137. The molecule has 1 aliphatic rings. The number of aromatic nitrogens is 1. The molecule has 0 saturated heterocycles. The van der Waals surface area contributed by atoms with Gasteiger partial charge < -0.3 is 10.1 Å². The molecule has 0 radical (unpaired) electrons. The van der Waals surface area contributed by atoms with E-state index in [0.717, 1.165) is 27.4 Å². The molecule has 1 aliphatic heterocycles. The number of aliphatic hydroxyl groups excluding tert-OH is 1. The van der Waals surface area contributed by atoms with E-state index in [9.17, 15) is 26.7 Å². The predicted molar refractivity (Wildman–Crippen MR) is 128 cm³/mol. The third-order valence-electron chi connectivity index (χ3n) is 6.67. The Balaban J connectivity index is 1.72. The van der Waals surface area contributed by atoms with Crippen LogP contribution >= 0.6 is 0 Å². The number of aliphatic hydroxyl groups is 1. The first-order valence-corrected chi connectivity index (χ1v) is 12.5. The van der Waals surface area contributed by atoms with Crippen LogP contribution in [0.4, 0.5) is 19.0 Å². The maximum absolute atomic E-state index is 13.7. The third-order valence-corrected chi connectivity index (χ3v) is 8.45. The number of anilines is 1. The maximum atomic E-state index is 13.7. The van der Waals surface area contributed by atoms with Crippen LogP contribution < -0.4 is 4.31 Å². The summed E-state index contributed by atoms with van der Waals surface area (Å²) in [4.78, 5) is 3.18. The molecule has 0 fully saturated rings. The molecule has 5 rings (SSSR count). The second-order valence-corrected chi connectivity index (χ2v) is 10.7. The van der Waals surface area contributed by atoms with Crippen molar-refractivity contribution in [3.63, 3.8) is 0 Å². The number of hydrogen-bond acceptors (Lipinski definition) is 3. The van der Waals surface area contributed by atoms with Crippen LogP contribution in [0, 0.1) is 12.8 Å². The summed E-state index contributed by atoms with van der Waals surface area (Å²) in [7, 11) is -4.15. The number of benzene rings is 3. The SMILES string of the molecule is Cc1ccc(S(=O)(=O)N2c3[nH]c4ccccc4c3[C@H](c3ccc(C(F)(F)F)cc3)[C@@H](C)[C@H]2O)cc1. The van der Waals surface area contributed by atoms with Crippen LogP contribution in [0.25, 0.3) is 10.9 Å². The predicted octanol–water partition coefficient (Wildman–Crippen LogP) is 5.79. The highest BCUT2D eigenvalue weighted by molar-refractivity contribution is 7.92. The molecule has 2 N–H and O–H groups in total. The van der Waals surface area contributed by atoms with Crippen LogP contribution in [0.3, 0.4) is 0 Å². The Kier molecular flexibility index (Phi) is 5.45. The number of nitrogens with zero attached hydrogens (tertiary/aromatic N) is 1. The Morgan fingerprint density at radius 1 is 0.943 bits per heavy atom. The molecule has 0 amide bonds. The molecule has 3 aromatic carbocycles. The van der Waals surface area contributed by atoms with Gasteiger partial charge in [-0.2, -0.15) is 13.2 Å². The lowest BCUT2D eigenvalue weighted by atomic mass is 9.78. The summed E-state index contributed by atoms with van der Waals surface area (Å²) in [5.74, 6) is -0.983. The molecule has 1 aromatic heterocycles. The molecule has 182 valence electrons. The third kappa shape index (κ3) is 3.79. The van der Waals surface area contributed by atoms with Crippen LogP contribution in [0.15, 0.2) is 77.7 Å². The fourth-order valence-corrected chi connectivity index (χ4v) is 6.42. The molecule has 5 nitrogen and oxygen atoms in total. The Bertz CT molecular complexity index is 1490. The van der Waals surface area contributed by atoms with Gasteiger partial charge in [-0.1, -0.05) is 55.0 Å². The van der Waals surface area contributed by atoms with E-state index in [4.69, 9.17) is 0 Å². The van der Waals surface area contributed by atoms with E-state index < -0.39 is 39.8 Å². The van der Waals surface area contributed by atoms with Gasteiger partial charge in [0.25, 0.3) is 10.0 Å². The average molecular weight is 501 g/mol. The summed E-state index contributed by atoms with van der Waals surface area (Å²) in [6.07, 6.45) is -5.92. The minimum absolute atomic E-state index is 0.0342. The fraction of sp³-hybridized carbons (Fsp3) is 0.231. The molecule has 0 saturated carbocycles. The molecule has 9 heteroatoms. The van der Waals surface area contributed by atoms with Crippen molar-refractivity contribution in [2.75, 3.05) is 4.31 Å². The van der Waals surface area contributed by atoms with Gasteiger partial charge in [-0.3, -0.25) is 0 Å². The molecule has 0 bridgehead atoms. The van der Waals surface area contributed by atoms with E-state index in [1.165, 1.54) is 24.3 Å². The lowest BCUT2D eigenvalue weighted by Crippen LogP contribution is -2.49. The first-order chi connectivity index (χ1) is 16.5. The van der Waals surface area contributed by atoms with Gasteiger partial charge in [0, 0.05) is 28.3 Å². The Morgan fingerprint density at radius 3 is 2.20 bits per heavy atom. The summed E-state index contributed by atoms with van der Waals surface area (Å²) < 4.78 is 67.9. The van der Waals surface area contributed by atoms with E-state index in [0.29, 0.717) is 16.6 Å². The van der Waals surface area contributed by atoms with Crippen LogP contribution in [-0.4, -0.2) is 24.7 Å². The zero-order chi connectivity index (χ0) is 25.1. The van der Waals surface area contributed by atoms with Gasteiger partial charge >= 0.3 is 6.18 Å². The Hall–Kier alpha value is -3.30. The molecule has 4 aromatic rings. The molecule has 35 heavy (non-hydrogen) atoms. The van der Waals surface area contributed by atoms with Gasteiger partial charge in [0.2, 0.25) is 0 Å². The number of H-pyrrole nitrogens is 1. The quantitative estimate of drug-likeness (QED) is 0.374. The topological polar surface area (TPSA) is 73.4 Å². The van der Waals surface area contributed by atoms with Gasteiger partial charge in [0.05, 0.1) is 10.5 Å². The highest BCUT2D eigenvalue weighted by Crippen LogP contribution is 2.50. The van der Waals surface area contributed by atoms with Gasteiger partial charge in [-0.05, 0) is 42.8 Å². The zero-order valence-corrected chi connectivity index (χ0v) is 19.7. The number of rotatable bonds is 3. The average Bonchev–Trinajstić information content (AvgIpc) is 3.18. The highest BCUT2D eigenvalue weighted by atomic mass is 32.2. The number of halogens is 3. The van der Waals surface area contributed by atoms with Crippen molar-refractivity contribution in [2.45, 2.75) is 37.1 Å². The van der Waals surface area contributed by atoms with E-state index in [2.05, 4.69) is 4.98 Å². The van der Waals surface area contributed by atoms with Crippen molar-refractivity contribution in [3.05, 3.63) is 95.1 Å². The summed E-state index contributed by atoms with van der Waals surface area (Å²) in [5.41, 5.74) is 1.97. The van der Waals surface area contributed by atoms with Crippen molar-refractivity contribution in [3.8, 4) is 0 Å². The Labute approximate surface area is 200 Å². The van der Waals surface area contributed by atoms with Crippen LogP contribution in [0.5, 0.6) is 0 Å². The number of para-hydroxylation sites is 1. The summed E-state index contributed by atoms with van der Waals surface area (Å²) >= 11 is 0. The zero-order valence-electron chi connectivity index (χ0n) is 18.9. The fourth-order valence-electron chi connectivity index (χ4n) is 4.85. The second kappa shape index (κ2) is 8.13. The number of sulfonamides is 1.